The molecule has 0 amide bonds. The summed E-state index contributed by atoms with van der Waals surface area (Å²) in [5.41, 5.74) is 4.93. The summed E-state index contributed by atoms with van der Waals surface area (Å²) in [6.07, 6.45) is 0. The number of halogens is 2. The van der Waals surface area contributed by atoms with Crippen molar-refractivity contribution in [3.05, 3.63) is 43.5 Å². The molecule has 0 aliphatic carbocycles. The van der Waals surface area contributed by atoms with Crippen molar-refractivity contribution >= 4 is 66.1 Å². The van der Waals surface area contributed by atoms with Gasteiger partial charge in [0.05, 0.1) is 24.7 Å². The topological polar surface area (TPSA) is 24.9 Å². The van der Waals surface area contributed by atoms with Crippen LogP contribution in [0.25, 0.3) is 10.2 Å². The lowest BCUT2D eigenvalue weighted by molar-refractivity contribution is 1.17. The highest BCUT2D eigenvalue weighted by Gasteiger charge is 2.08. The van der Waals surface area contributed by atoms with E-state index < -0.39 is 0 Å². The van der Waals surface area contributed by atoms with Crippen molar-refractivity contribution in [2.24, 2.45) is 0 Å². The van der Waals surface area contributed by atoms with Crippen LogP contribution in [0.3, 0.4) is 0 Å². The summed E-state index contributed by atoms with van der Waals surface area (Å²) in [6, 6.07) is 6.02. The fourth-order valence-electron chi connectivity index (χ4n) is 1.70. The van der Waals surface area contributed by atoms with Gasteiger partial charge in [0.25, 0.3) is 0 Å². The van der Waals surface area contributed by atoms with E-state index in [1.807, 2.05) is 17.6 Å². The maximum absolute atomic E-state index is 6.23. The van der Waals surface area contributed by atoms with Crippen LogP contribution < -0.4 is 5.32 Å². The van der Waals surface area contributed by atoms with E-state index in [-0.39, 0.29) is 0 Å². The quantitative estimate of drug-likeness (QED) is 0.678. The monoisotopic (exact) mass is 358 g/mol. The Balaban J connectivity index is 1.89. The molecule has 0 aliphatic heterocycles. The van der Waals surface area contributed by atoms with Crippen LogP contribution in [0.15, 0.2) is 32.9 Å². The molecule has 3 rings (SSSR count). The first-order chi connectivity index (χ1) is 8.74. The minimum atomic E-state index is 0.711. The number of nitrogens with zero attached hydrogens (tertiary/aromatic N) is 1. The minimum absolute atomic E-state index is 0.711. The number of rotatable bonds is 3. The highest BCUT2D eigenvalue weighted by atomic mass is 79.9. The molecule has 0 atom stereocenters. The maximum atomic E-state index is 6.23. The minimum Gasteiger partial charge on any atom is -0.378 e. The first-order valence-electron chi connectivity index (χ1n) is 5.22. The molecule has 1 N–H and O–H groups in total. The number of thiazole rings is 1. The first kappa shape index (κ1) is 12.4. The normalized spacial score (nSPS) is 11.0. The molecule has 0 spiro atoms. The van der Waals surface area contributed by atoms with Gasteiger partial charge < -0.3 is 5.32 Å². The Kier molecular flexibility index (Phi) is 3.56. The molecule has 0 radical (unpaired) electrons. The largest absolute Gasteiger partial charge is 0.378 e. The Hall–Kier alpha value is -0.620. The number of anilines is 1. The van der Waals surface area contributed by atoms with Crippen molar-refractivity contribution in [2.75, 3.05) is 5.32 Å². The molecule has 0 aliphatic rings. The molecule has 18 heavy (non-hydrogen) atoms. The number of fused-ring (bicyclic) bond motifs is 1. The molecule has 2 heterocycles. The standard InChI is InChI=1S/C12H8BrClN2S2/c13-10-3-7(5-17-10)4-15-11-8(14)1-2-9-12(11)16-6-18-9/h1-3,5-6,15H,4H2. The number of nitrogens with one attached hydrogen (secondary N) is 1. The molecular formula is C12H8BrClN2S2. The Bertz CT molecular complexity index is 692. The van der Waals surface area contributed by atoms with E-state index in [0.717, 1.165) is 26.2 Å². The van der Waals surface area contributed by atoms with Gasteiger partial charge in [-0.05, 0) is 45.1 Å². The van der Waals surface area contributed by atoms with Crippen LogP contribution in [0.4, 0.5) is 5.69 Å². The average molecular weight is 360 g/mol. The van der Waals surface area contributed by atoms with E-state index >= 15 is 0 Å². The van der Waals surface area contributed by atoms with Gasteiger partial charge in [-0.1, -0.05) is 11.6 Å². The van der Waals surface area contributed by atoms with Crippen LogP contribution in [-0.2, 0) is 6.54 Å². The van der Waals surface area contributed by atoms with E-state index in [0.29, 0.717) is 5.02 Å². The molecule has 0 unspecified atom stereocenters. The van der Waals surface area contributed by atoms with Crippen LogP contribution in [-0.4, -0.2) is 4.98 Å². The SMILES string of the molecule is Clc1ccc2scnc2c1NCc1csc(Br)c1. The summed E-state index contributed by atoms with van der Waals surface area (Å²) in [6.45, 7) is 0.748. The maximum Gasteiger partial charge on any atom is 0.106 e. The van der Waals surface area contributed by atoms with E-state index in [4.69, 9.17) is 11.6 Å². The molecule has 2 aromatic heterocycles. The summed E-state index contributed by atoms with van der Waals surface area (Å²) < 4.78 is 2.28. The summed E-state index contributed by atoms with van der Waals surface area (Å²) in [5.74, 6) is 0. The zero-order chi connectivity index (χ0) is 12.5. The summed E-state index contributed by atoms with van der Waals surface area (Å²) in [5, 5.41) is 6.20. The second kappa shape index (κ2) is 5.17. The zero-order valence-corrected chi connectivity index (χ0v) is 13.1. The fourth-order valence-corrected chi connectivity index (χ4v) is 3.82. The van der Waals surface area contributed by atoms with Gasteiger partial charge in [-0.15, -0.1) is 22.7 Å². The molecule has 0 bridgehead atoms. The smallest absolute Gasteiger partial charge is 0.106 e. The Morgan fingerprint density at radius 3 is 3.00 bits per heavy atom. The lowest BCUT2D eigenvalue weighted by atomic mass is 10.2. The average Bonchev–Trinajstić information content (AvgIpc) is 2.96. The molecule has 6 heteroatoms. The van der Waals surface area contributed by atoms with Gasteiger partial charge in [-0.2, -0.15) is 0 Å². The van der Waals surface area contributed by atoms with Crippen molar-refractivity contribution in [3.8, 4) is 0 Å². The van der Waals surface area contributed by atoms with Crippen molar-refractivity contribution in [2.45, 2.75) is 6.54 Å². The summed E-state index contributed by atoms with van der Waals surface area (Å²) >= 11 is 13.0. The fraction of sp³-hybridized carbons (Fsp3) is 0.0833. The number of thiophene rings is 1. The van der Waals surface area contributed by atoms with Gasteiger partial charge in [-0.3, -0.25) is 0 Å². The second-order valence-corrected chi connectivity index (χ2v) is 7.32. The second-order valence-electron chi connectivity index (χ2n) is 3.73. The van der Waals surface area contributed by atoms with Crippen LogP contribution in [0.2, 0.25) is 5.02 Å². The van der Waals surface area contributed by atoms with Crippen LogP contribution >= 0.6 is 50.2 Å². The third kappa shape index (κ3) is 2.40. The Morgan fingerprint density at radius 1 is 1.33 bits per heavy atom. The van der Waals surface area contributed by atoms with E-state index in [2.05, 4.69) is 37.7 Å². The van der Waals surface area contributed by atoms with Crippen molar-refractivity contribution < 1.29 is 0 Å². The number of hydrogen-bond donors (Lipinski definition) is 1. The van der Waals surface area contributed by atoms with Crippen LogP contribution in [0.5, 0.6) is 0 Å². The van der Waals surface area contributed by atoms with E-state index in [1.54, 1.807) is 22.7 Å². The Morgan fingerprint density at radius 2 is 2.22 bits per heavy atom. The van der Waals surface area contributed by atoms with E-state index in [1.165, 1.54) is 5.56 Å². The van der Waals surface area contributed by atoms with Gasteiger partial charge in [0.15, 0.2) is 0 Å². The molecule has 0 saturated carbocycles. The lowest BCUT2D eigenvalue weighted by Crippen LogP contribution is -1.99. The molecule has 92 valence electrons. The molecule has 3 aromatic rings. The van der Waals surface area contributed by atoms with Crippen molar-refractivity contribution in [3.63, 3.8) is 0 Å². The van der Waals surface area contributed by atoms with Gasteiger partial charge in [-0.25, -0.2) is 4.98 Å². The zero-order valence-electron chi connectivity index (χ0n) is 9.11. The van der Waals surface area contributed by atoms with E-state index in [9.17, 15) is 0 Å². The Labute approximate surface area is 126 Å². The first-order valence-corrected chi connectivity index (χ1v) is 8.15. The third-order valence-electron chi connectivity index (χ3n) is 2.54. The highest BCUT2D eigenvalue weighted by Crippen LogP contribution is 2.33. The van der Waals surface area contributed by atoms with Crippen LogP contribution in [0, 0.1) is 0 Å². The van der Waals surface area contributed by atoms with Gasteiger partial charge >= 0.3 is 0 Å². The molecular weight excluding hydrogens is 352 g/mol. The number of hydrogen-bond acceptors (Lipinski definition) is 4. The molecule has 0 fully saturated rings. The molecule has 1 aromatic carbocycles. The summed E-state index contributed by atoms with van der Waals surface area (Å²) in [7, 11) is 0. The van der Waals surface area contributed by atoms with Crippen molar-refractivity contribution in [1.29, 1.82) is 0 Å². The molecule has 0 saturated heterocycles. The van der Waals surface area contributed by atoms with Crippen molar-refractivity contribution in [1.82, 2.24) is 4.98 Å². The van der Waals surface area contributed by atoms with Gasteiger partial charge in [0, 0.05) is 6.54 Å². The molecule has 2 nitrogen and oxygen atoms in total. The van der Waals surface area contributed by atoms with Gasteiger partial charge in [0.1, 0.15) is 5.52 Å². The predicted molar refractivity (Wildman–Crippen MR) is 84.0 cm³/mol. The lowest BCUT2D eigenvalue weighted by Gasteiger charge is -2.08. The third-order valence-corrected chi connectivity index (χ3v) is 5.21. The predicted octanol–water partition coefficient (Wildman–Crippen LogP) is 5.39. The number of aromatic nitrogens is 1. The highest BCUT2D eigenvalue weighted by molar-refractivity contribution is 9.11. The van der Waals surface area contributed by atoms with Crippen LogP contribution in [0.1, 0.15) is 5.56 Å². The summed E-state index contributed by atoms with van der Waals surface area (Å²) in [4.78, 5) is 4.36. The number of benzene rings is 1. The van der Waals surface area contributed by atoms with Gasteiger partial charge in [0.2, 0.25) is 0 Å².